The van der Waals surface area contributed by atoms with Crippen LogP contribution in [0.25, 0.3) is 5.65 Å². The molecular formula is C18H20N4O. The maximum atomic E-state index is 12.7. The van der Waals surface area contributed by atoms with Gasteiger partial charge in [-0.3, -0.25) is 9.20 Å². The van der Waals surface area contributed by atoms with Crippen molar-refractivity contribution < 1.29 is 4.79 Å². The van der Waals surface area contributed by atoms with Crippen LogP contribution in [0.5, 0.6) is 0 Å². The molecule has 2 aromatic heterocycles. The number of nitrogens with one attached hydrogen (secondary N) is 1. The lowest BCUT2D eigenvalue weighted by Crippen LogP contribution is -2.16. The minimum atomic E-state index is -0.154. The molecule has 5 nitrogen and oxygen atoms in total. The van der Waals surface area contributed by atoms with Crippen molar-refractivity contribution >= 4 is 22.9 Å². The van der Waals surface area contributed by atoms with Gasteiger partial charge in [-0.25, -0.2) is 4.98 Å². The summed E-state index contributed by atoms with van der Waals surface area (Å²) in [5.41, 5.74) is 5.01. The largest absolute Gasteiger partial charge is 0.378 e. The Balaban J connectivity index is 1.91. The zero-order valence-electron chi connectivity index (χ0n) is 13.8. The molecule has 1 N–H and O–H groups in total. The van der Waals surface area contributed by atoms with Crippen LogP contribution in [0.15, 0.2) is 42.6 Å². The van der Waals surface area contributed by atoms with Gasteiger partial charge in [-0.05, 0) is 49.7 Å². The predicted octanol–water partition coefficient (Wildman–Crippen LogP) is 3.27. The molecule has 1 aromatic carbocycles. The monoisotopic (exact) mass is 308 g/mol. The molecule has 0 aliphatic rings. The minimum absolute atomic E-state index is 0.154. The molecule has 1 amide bonds. The molecule has 2 heterocycles. The average molecular weight is 308 g/mol. The van der Waals surface area contributed by atoms with Crippen LogP contribution in [0.4, 0.5) is 11.4 Å². The highest BCUT2D eigenvalue weighted by Gasteiger charge is 2.16. The third-order valence-corrected chi connectivity index (χ3v) is 3.80. The maximum Gasteiger partial charge on any atom is 0.274 e. The number of nitrogens with zero attached hydrogens (tertiary/aromatic N) is 3. The molecule has 0 saturated carbocycles. The number of hydrogen-bond acceptors (Lipinski definition) is 3. The molecule has 0 aliphatic carbocycles. The van der Waals surface area contributed by atoms with E-state index in [1.54, 1.807) is 0 Å². The number of carbonyl (C=O) groups excluding carboxylic acids is 1. The molecule has 23 heavy (non-hydrogen) atoms. The Kier molecular flexibility index (Phi) is 3.78. The Morgan fingerprint density at radius 3 is 2.43 bits per heavy atom. The first kappa shape index (κ1) is 15.1. The summed E-state index contributed by atoms with van der Waals surface area (Å²) in [6.45, 7) is 3.85. The van der Waals surface area contributed by atoms with Gasteiger partial charge >= 0.3 is 0 Å². The summed E-state index contributed by atoms with van der Waals surface area (Å²) in [4.78, 5) is 19.1. The van der Waals surface area contributed by atoms with E-state index in [4.69, 9.17) is 0 Å². The summed E-state index contributed by atoms with van der Waals surface area (Å²) in [6, 6.07) is 11.7. The van der Waals surface area contributed by atoms with E-state index in [-0.39, 0.29) is 5.91 Å². The number of rotatable bonds is 3. The molecule has 0 unspecified atom stereocenters. The smallest absolute Gasteiger partial charge is 0.274 e. The molecule has 0 spiro atoms. The van der Waals surface area contributed by atoms with Crippen LogP contribution < -0.4 is 10.2 Å². The molecular weight excluding hydrogens is 288 g/mol. The van der Waals surface area contributed by atoms with Crippen LogP contribution >= 0.6 is 0 Å². The van der Waals surface area contributed by atoms with Crippen molar-refractivity contribution in [1.82, 2.24) is 9.38 Å². The third kappa shape index (κ3) is 2.90. The number of benzene rings is 1. The molecule has 3 aromatic rings. The van der Waals surface area contributed by atoms with E-state index in [1.807, 2.05) is 79.8 Å². The number of imidazole rings is 1. The lowest BCUT2D eigenvalue weighted by Gasteiger charge is -2.13. The van der Waals surface area contributed by atoms with Gasteiger partial charge in [0.1, 0.15) is 11.3 Å². The zero-order valence-corrected chi connectivity index (χ0v) is 13.8. The highest BCUT2D eigenvalue weighted by Crippen LogP contribution is 2.18. The summed E-state index contributed by atoms with van der Waals surface area (Å²) in [5.74, 6) is -0.154. The molecule has 5 heteroatoms. The molecule has 0 saturated heterocycles. The number of fused-ring (bicyclic) bond motifs is 1. The van der Waals surface area contributed by atoms with Gasteiger partial charge in [-0.1, -0.05) is 6.07 Å². The van der Waals surface area contributed by atoms with E-state index in [1.165, 1.54) is 0 Å². The Hall–Kier alpha value is -2.82. The fraction of sp³-hybridized carbons (Fsp3) is 0.222. The summed E-state index contributed by atoms with van der Waals surface area (Å²) in [6.07, 6.45) is 1.93. The SMILES string of the molecule is Cc1ccc2nc(C)c(C(=O)Nc3ccc(N(C)C)cc3)n2c1. The first-order chi connectivity index (χ1) is 11.0. The first-order valence-corrected chi connectivity index (χ1v) is 7.50. The van der Waals surface area contributed by atoms with Gasteiger partial charge in [0.2, 0.25) is 0 Å². The van der Waals surface area contributed by atoms with E-state index < -0.39 is 0 Å². The second kappa shape index (κ2) is 5.76. The number of hydrogen-bond donors (Lipinski definition) is 1. The van der Waals surface area contributed by atoms with E-state index in [9.17, 15) is 4.79 Å². The summed E-state index contributed by atoms with van der Waals surface area (Å²) in [7, 11) is 3.97. The normalized spacial score (nSPS) is 10.8. The van der Waals surface area contributed by atoms with Gasteiger partial charge in [-0.2, -0.15) is 0 Å². The van der Waals surface area contributed by atoms with Crippen molar-refractivity contribution in [2.24, 2.45) is 0 Å². The Morgan fingerprint density at radius 1 is 1.09 bits per heavy atom. The molecule has 118 valence electrons. The number of carbonyl (C=O) groups is 1. The van der Waals surface area contributed by atoms with E-state index in [2.05, 4.69) is 10.3 Å². The number of aryl methyl sites for hydroxylation is 2. The predicted molar refractivity (Wildman–Crippen MR) is 93.4 cm³/mol. The van der Waals surface area contributed by atoms with Gasteiger partial charge in [0, 0.05) is 31.7 Å². The highest BCUT2D eigenvalue weighted by atomic mass is 16.2. The summed E-state index contributed by atoms with van der Waals surface area (Å²) in [5, 5.41) is 2.94. The van der Waals surface area contributed by atoms with Crippen LogP contribution in [-0.2, 0) is 0 Å². The van der Waals surface area contributed by atoms with Crippen LogP contribution in [0.1, 0.15) is 21.7 Å². The molecule has 3 rings (SSSR count). The standard InChI is InChI=1S/C18H20N4O/c1-12-5-10-16-19-13(2)17(22(16)11-12)18(23)20-14-6-8-15(9-7-14)21(3)4/h5-11H,1-4H3,(H,20,23). The van der Waals surface area contributed by atoms with Crippen molar-refractivity contribution in [2.45, 2.75) is 13.8 Å². The lowest BCUT2D eigenvalue weighted by molar-refractivity contribution is 0.102. The fourth-order valence-corrected chi connectivity index (χ4v) is 2.58. The topological polar surface area (TPSA) is 49.6 Å². The van der Waals surface area contributed by atoms with Crippen molar-refractivity contribution in [3.63, 3.8) is 0 Å². The molecule has 0 aliphatic heterocycles. The molecule has 0 bridgehead atoms. The number of amides is 1. The van der Waals surface area contributed by atoms with E-state index >= 15 is 0 Å². The second-order valence-corrected chi connectivity index (χ2v) is 5.88. The molecule has 0 radical (unpaired) electrons. The van der Waals surface area contributed by atoms with Crippen molar-refractivity contribution in [2.75, 3.05) is 24.3 Å². The van der Waals surface area contributed by atoms with Gasteiger partial charge in [-0.15, -0.1) is 0 Å². The lowest BCUT2D eigenvalue weighted by atomic mass is 10.2. The van der Waals surface area contributed by atoms with E-state index in [0.29, 0.717) is 5.69 Å². The average Bonchev–Trinajstić information content (AvgIpc) is 2.83. The van der Waals surface area contributed by atoms with E-state index in [0.717, 1.165) is 28.3 Å². The zero-order chi connectivity index (χ0) is 16.6. The van der Waals surface area contributed by atoms with Gasteiger partial charge < -0.3 is 10.2 Å². The van der Waals surface area contributed by atoms with Crippen LogP contribution in [0.2, 0.25) is 0 Å². The first-order valence-electron chi connectivity index (χ1n) is 7.50. The van der Waals surface area contributed by atoms with Crippen molar-refractivity contribution in [3.05, 3.63) is 59.5 Å². The van der Waals surface area contributed by atoms with Crippen molar-refractivity contribution in [3.8, 4) is 0 Å². The molecule has 0 fully saturated rings. The quantitative estimate of drug-likeness (QED) is 0.808. The Labute approximate surface area is 135 Å². The number of pyridine rings is 1. The van der Waals surface area contributed by atoms with Crippen LogP contribution in [0, 0.1) is 13.8 Å². The second-order valence-electron chi connectivity index (χ2n) is 5.88. The summed E-state index contributed by atoms with van der Waals surface area (Å²) < 4.78 is 1.84. The number of anilines is 2. The minimum Gasteiger partial charge on any atom is -0.378 e. The summed E-state index contributed by atoms with van der Waals surface area (Å²) >= 11 is 0. The van der Waals surface area contributed by atoms with Crippen LogP contribution in [-0.4, -0.2) is 29.4 Å². The van der Waals surface area contributed by atoms with Gasteiger partial charge in [0.05, 0.1) is 5.69 Å². The third-order valence-electron chi connectivity index (χ3n) is 3.80. The fourth-order valence-electron chi connectivity index (χ4n) is 2.58. The van der Waals surface area contributed by atoms with Gasteiger partial charge in [0.15, 0.2) is 0 Å². The maximum absolute atomic E-state index is 12.7. The Bertz CT molecular complexity index is 863. The molecule has 0 atom stereocenters. The number of aromatic nitrogens is 2. The Morgan fingerprint density at radius 2 is 1.78 bits per heavy atom. The van der Waals surface area contributed by atoms with Crippen LogP contribution in [0.3, 0.4) is 0 Å². The highest BCUT2D eigenvalue weighted by molar-refractivity contribution is 6.04. The van der Waals surface area contributed by atoms with Crippen molar-refractivity contribution in [1.29, 1.82) is 0 Å². The van der Waals surface area contributed by atoms with Gasteiger partial charge in [0.25, 0.3) is 5.91 Å².